The summed E-state index contributed by atoms with van der Waals surface area (Å²) >= 11 is 1.73. The van der Waals surface area contributed by atoms with Gasteiger partial charge >= 0.3 is 0 Å². The maximum Gasteiger partial charge on any atom is 0.0941 e. The Labute approximate surface area is 120 Å². The third-order valence-electron chi connectivity index (χ3n) is 3.36. The number of thiazole rings is 1. The van der Waals surface area contributed by atoms with Crippen LogP contribution in [0.2, 0.25) is 0 Å². The van der Waals surface area contributed by atoms with Gasteiger partial charge in [0.05, 0.1) is 16.8 Å². The molecular weight excluding hydrogens is 258 g/mol. The van der Waals surface area contributed by atoms with Crippen LogP contribution >= 0.6 is 11.3 Å². The van der Waals surface area contributed by atoms with E-state index in [0.29, 0.717) is 12.6 Å². The summed E-state index contributed by atoms with van der Waals surface area (Å²) in [5.74, 6) is 0. The second-order valence-corrected chi connectivity index (χ2v) is 6.08. The summed E-state index contributed by atoms with van der Waals surface area (Å²) in [5, 5.41) is 3.33. The predicted molar refractivity (Wildman–Crippen MR) is 79.4 cm³/mol. The van der Waals surface area contributed by atoms with Crippen LogP contribution in [0.25, 0.3) is 0 Å². The van der Waals surface area contributed by atoms with Crippen LogP contribution in [0.5, 0.6) is 0 Å². The molecule has 1 aliphatic rings. The SMILES string of the molecule is CCCOC1CCCN(Cc2csc(CCN)n2)C1. The monoisotopic (exact) mass is 283 g/mol. The van der Waals surface area contributed by atoms with Gasteiger partial charge in [0, 0.05) is 31.5 Å². The first kappa shape index (κ1) is 14.9. The van der Waals surface area contributed by atoms with Gasteiger partial charge in [-0.05, 0) is 32.4 Å². The van der Waals surface area contributed by atoms with E-state index in [2.05, 4.69) is 22.2 Å². The minimum Gasteiger partial charge on any atom is -0.377 e. The van der Waals surface area contributed by atoms with E-state index in [0.717, 1.165) is 44.1 Å². The summed E-state index contributed by atoms with van der Waals surface area (Å²) in [6.07, 6.45) is 4.84. The maximum atomic E-state index is 5.87. The molecule has 0 radical (unpaired) electrons. The molecule has 1 aromatic rings. The molecule has 0 spiro atoms. The molecule has 1 unspecified atom stereocenters. The lowest BCUT2D eigenvalue weighted by Crippen LogP contribution is -2.39. The average molecular weight is 283 g/mol. The number of hydrogen-bond donors (Lipinski definition) is 1. The zero-order valence-electron chi connectivity index (χ0n) is 11.8. The van der Waals surface area contributed by atoms with Gasteiger partial charge in [-0.2, -0.15) is 0 Å². The summed E-state index contributed by atoms with van der Waals surface area (Å²) in [4.78, 5) is 7.10. The van der Waals surface area contributed by atoms with Crippen molar-refractivity contribution in [1.29, 1.82) is 0 Å². The summed E-state index contributed by atoms with van der Waals surface area (Å²) in [7, 11) is 0. The first-order valence-electron chi connectivity index (χ1n) is 7.29. The molecular formula is C14H25N3OS. The van der Waals surface area contributed by atoms with Gasteiger partial charge in [0.1, 0.15) is 0 Å². The second-order valence-electron chi connectivity index (χ2n) is 5.14. The van der Waals surface area contributed by atoms with Gasteiger partial charge in [-0.3, -0.25) is 4.90 Å². The summed E-state index contributed by atoms with van der Waals surface area (Å²) in [6, 6.07) is 0. The minimum atomic E-state index is 0.413. The Bertz CT molecular complexity index is 369. The van der Waals surface area contributed by atoms with Crippen molar-refractivity contribution in [3.63, 3.8) is 0 Å². The standard InChI is InChI=1S/C14H25N3OS/c1-2-8-18-13-4-3-7-17(10-13)9-12-11-19-14(16-12)5-6-15/h11,13H,2-10,15H2,1H3. The summed E-state index contributed by atoms with van der Waals surface area (Å²) in [6.45, 7) is 6.89. The van der Waals surface area contributed by atoms with Crippen LogP contribution < -0.4 is 5.73 Å². The molecule has 0 aliphatic carbocycles. The fourth-order valence-corrected chi connectivity index (χ4v) is 3.27. The minimum absolute atomic E-state index is 0.413. The Balaban J connectivity index is 1.80. The molecule has 0 saturated carbocycles. The number of nitrogens with two attached hydrogens (primary N) is 1. The van der Waals surface area contributed by atoms with E-state index in [4.69, 9.17) is 10.5 Å². The number of rotatable bonds is 7. The topological polar surface area (TPSA) is 51.4 Å². The van der Waals surface area contributed by atoms with Crippen LogP contribution in [-0.4, -0.2) is 42.2 Å². The lowest BCUT2D eigenvalue weighted by molar-refractivity contribution is -0.00248. The molecule has 108 valence electrons. The third kappa shape index (κ3) is 4.84. The number of likely N-dealkylation sites (tertiary alicyclic amines) is 1. The van der Waals surface area contributed by atoms with Crippen molar-refractivity contribution in [2.75, 3.05) is 26.2 Å². The highest BCUT2D eigenvalue weighted by molar-refractivity contribution is 7.09. The van der Waals surface area contributed by atoms with Crippen molar-refractivity contribution >= 4 is 11.3 Å². The zero-order valence-corrected chi connectivity index (χ0v) is 12.6. The molecule has 0 bridgehead atoms. The fraction of sp³-hybridized carbons (Fsp3) is 0.786. The molecule has 1 fully saturated rings. The Morgan fingerprint density at radius 1 is 1.58 bits per heavy atom. The molecule has 1 aromatic heterocycles. The van der Waals surface area contributed by atoms with Gasteiger partial charge in [-0.1, -0.05) is 6.92 Å². The Kier molecular flexibility index (Phi) is 6.23. The molecule has 2 heterocycles. The quantitative estimate of drug-likeness (QED) is 0.832. The van der Waals surface area contributed by atoms with E-state index >= 15 is 0 Å². The van der Waals surface area contributed by atoms with Crippen LogP contribution in [0, 0.1) is 0 Å². The number of hydrogen-bond acceptors (Lipinski definition) is 5. The van der Waals surface area contributed by atoms with Crippen molar-refractivity contribution < 1.29 is 4.74 Å². The second kappa shape index (κ2) is 7.94. The molecule has 1 atom stereocenters. The zero-order chi connectivity index (χ0) is 13.5. The largest absolute Gasteiger partial charge is 0.377 e. The van der Waals surface area contributed by atoms with Crippen molar-refractivity contribution in [1.82, 2.24) is 9.88 Å². The Morgan fingerprint density at radius 2 is 2.47 bits per heavy atom. The summed E-state index contributed by atoms with van der Waals surface area (Å²) < 4.78 is 5.87. The van der Waals surface area contributed by atoms with Crippen molar-refractivity contribution in [2.45, 2.75) is 45.3 Å². The van der Waals surface area contributed by atoms with Crippen molar-refractivity contribution in [2.24, 2.45) is 5.73 Å². The molecule has 4 nitrogen and oxygen atoms in total. The van der Waals surface area contributed by atoms with Crippen molar-refractivity contribution in [3.8, 4) is 0 Å². The van der Waals surface area contributed by atoms with Gasteiger partial charge in [0.2, 0.25) is 0 Å². The van der Waals surface area contributed by atoms with Gasteiger partial charge in [0.15, 0.2) is 0 Å². The van der Waals surface area contributed by atoms with Crippen LogP contribution in [0.1, 0.15) is 36.9 Å². The highest BCUT2D eigenvalue weighted by Gasteiger charge is 2.20. The van der Waals surface area contributed by atoms with Crippen LogP contribution in [0.3, 0.4) is 0 Å². The molecule has 1 saturated heterocycles. The Morgan fingerprint density at radius 3 is 3.26 bits per heavy atom. The van der Waals surface area contributed by atoms with Gasteiger partial charge < -0.3 is 10.5 Å². The number of piperidine rings is 1. The first-order chi connectivity index (χ1) is 9.31. The normalized spacial score (nSPS) is 20.8. The molecule has 2 N–H and O–H groups in total. The van der Waals surface area contributed by atoms with E-state index in [1.54, 1.807) is 11.3 Å². The van der Waals surface area contributed by atoms with Gasteiger partial charge in [-0.25, -0.2) is 4.98 Å². The maximum absolute atomic E-state index is 5.87. The van der Waals surface area contributed by atoms with Crippen LogP contribution in [0.4, 0.5) is 0 Å². The smallest absolute Gasteiger partial charge is 0.0941 e. The lowest BCUT2D eigenvalue weighted by atomic mass is 10.1. The van der Waals surface area contributed by atoms with E-state index in [9.17, 15) is 0 Å². The van der Waals surface area contributed by atoms with E-state index in [-0.39, 0.29) is 0 Å². The number of ether oxygens (including phenoxy) is 1. The van der Waals surface area contributed by atoms with Gasteiger partial charge in [-0.15, -0.1) is 11.3 Å². The highest BCUT2D eigenvalue weighted by Crippen LogP contribution is 2.17. The molecule has 0 amide bonds. The van der Waals surface area contributed by atoms with E-state index < -0.39 is 0 Å². The van der Waals surface area contributed by atoms with E-state index in [1.807, 2.05) is 0 Å². The predicted octanol–water partition coefficient (Wildman–Crippen LogP) is 2.04. The van der Waals surface area contributed by atoms with Crippen LogP contribution in [-0.2, 0) is 17.7 Å². The average Bonchev–Trinajstić information content (AvgIpc) is 2.85. The van der Waals surface area contributed by atoms with Crippen molar-refractivity contribution in [3.05, 3.63) is 16.1 Å². The molecule has 0 aromatic carbocycles. The Hall–Kier alpha value is -0.490. The fourth-order valence-electron chi connectivity index (χ4n) is 2.47. The molecule has 5 heteroatoms. The number of nitrogens with zero attached hydrogens (tertiary/aromatic N) is 2. The summed E-state index contributed by atoms with van der Waals surface area (Å²) in [5.41, 5.74) is 6.74. The van der Waals surface area contributed by atoms with Gasteiger partial charge in [0.25, 0.3) is 0 Å². The third-order valence-corrected chi connectivity index (χ3v) is 4.32. The molecule has 1 aliphatic heterocycles. The van der Waals surface area contributed by atoms with E-state index in [1.165, 1.54) is 18.5 Å². The first-order valence-corrected chi connectivity index (χ1v) is 8.17. The molecule has 2 rings (SSSR count). The highest BCUT2D eigenvalue weighted by atomic mass is 32.1. The van der Waals surface area contributed by atoms with Crippen LogP contribution in [0.15, 0.2) is 5.38 Å². The number of aromatic nitrogens is 1. The lowest BCUT2D eigenvalue weighted by Gasteiger charge is -2.32. The molecule has 19 heavy (non-hydrogen) atoms.